The highest BCUT2D eigenvalue weighted by Gasteiger charge is 2.20. The zero-order valence-corrected chi connectivity index (χ0v) is 20.7. The van der Waals surface area contributed by atoms with Crippen LogP contribution in [0.15, 0.2) is 60.9 Å². The van der Waals surface area contributed by atoms with Crippen LogP contribution in [-0.4, -0.2) is 53.6 Å². The quantitative estimate of drug-likeness (QED) is 0.441. The van der Waals surface area contributed by atoms with Crippen LogP contribution in [0.1, 0.15) is 34.5 Å². The highest BCUT2D eigenvalue weighted by molar-refractivity contribution is 6.01. The van der Waals surface area contributed by atoms with Gasteiger partial charge >= 0.3 is 6.03 Å². The third kappa shape index (κ3) is 6.79. The fourth-order valence-electron chi connectivity index (χ4n) is 4.26. The Morgan fingerprint density at radius 2 is 1.78 bits per heavy atom. The molecule has 1 fully saturated rings. The number of aryl methyl sites for hydroxylation is 1. The fourth-order valence-corrected chi connectivity index (χ4v) is 4.26. The number of hydrogen-bond acceptors (Lipinski definition) is 6. The van der Waals surface area contributed by atoms with Gasteiger partial charge < -0.3 is 15.4 Å². The Balaban J connectivity index is 1.26. The molecule has 0 radical (unpaired) electrons. The zero-order chi connectivity index (χ0) is 25.3. The molecule has 188 valence electrons. The number of amides is 3. The van der Waals surface area contributed by atoms with Crippen molar-refractivity contribution in [2.24, 2.45) is 5.92 Å². The zero-order valence-electron chi connectivity index (χ0n) is 20.7. The molecule has 3 amide bonds. The van der Waals surface area contributed by atoms with Crippen molar-refractivity contribution >= 4 is 23.4 Å². The number of aromatic nitrogens is 2. The van der Waals surface area contributed by atoms with E-state index in [1.54, 1.807) is 31.3 Å². The van der Waals surface area contributed by atoms with Gasteiger partial charge in [0.2, 0.25) is 0 Å². The lowest BCUT2D eigenvalue weighted by Gasteiger charge is -2.32. The summed E-state index contributed by atoms with van der Waals surface area (Å²) in [7, 11) is 1.50. The van der Waals surface area contributed by atoms with Gasteiger partial charge in [-0.15, -0.1) is 0 Å². The molecule has 9 heteroatoms. The molecule has 0 spiro atoms. The predicted molar refractivity (Wildman–Crippen MR) is 139 cm³/mol. The molecule has 2 aromatic carbocycles. The average molecular weight is 489 g/mol. The maximum Gasteiger partial charge on any atom is 0.325 e. The number of nitrogens with zero attached hydrogens (tertiary/aromatic N) is 3. The highest BCUT2D eigenvalue weighted by atomic mass is 16.5. The van der Waals surface area contributed by atoms with Gasteiger partial charge in [-0.25, -0.2) is 9.78 Å². The normalized spacial score (nSPS) is 14.2. The van der Waals surface area contributed by atoms with Crippen LogP contribution in [0.3, 0.4) is 0 Å². The number of carbonyl (C=O) groups is 2. The molecule has 3 aromatic rings. The van der Waals surface area contributed by atoms with Crippen molar-refractivity contribution in [3.63, 3.8) is 0 Å². The van der Waals surface area contributed by atoms with E-state index in [0.29, 0.717) is 41.0 Å². The Labute approximate surface area is 211 Å². The van der Waals surface area contributed by atoms with Gasteiger partial charge in [0, 0.05) is 31.0 Å². The van der Waals surface area contributed by atoms with E-state index in [-0.39, 0.29) is 5.91 Å². The molecule has 0 bridgehead atoms. The Morgan fingerprint density at radius 3 is 2.50 bits per heavy atom. The first-order valence-electron chi connectivity index (χ1n) is 12.1. The SMILES string of the molecule is COc1cc(C(=O)NCC2CCN(Cc3ccccc3)CC2)ccc1NC(=O)Nc1nccnc1C. The number of nitrogens with one attached hydrogen (secondary N) is 3. The largest absolute Gasteiger partial charge is 0.495 e. The van der Waals surface area contributed by atoms with Crippen LogP contribution in [0.5, 0.6) is 5.75 Å². The summed E-state index contributed by atoms with van der Waals surface area (Å²) in [5, 5.41) is 8.44. The summed E-state index contributed by atoms with van der Waals surface area (Å²) < 4.78 is 5.41. The lowest BCUT2D eigenvalue weighted by atomic mass is 9.96. The lowest BCUT2D eigenvalue weighted by Crippen LogP contribution is -2.38. The number of carbonyl (C=O) groups excluding carboxylic acids is 2. The Kier molecular flexibility index (Phi) is 8.46. The van der Waals surface area contributed by atoms with Crippen LogP contribution in [0, 0.1) is 12.8 Å². The molecule has 0 saturated carbocycles. The summed E-state index contributed by atoms with van der Waals surface area (Å²) in [5.74, 6) is 1.06. The third-order valence-electron chi connectivity index (χ3n) is 6.33. The van der Waals surface area contributed by atoms with Crippen LogP contribution in [0.4, 0.5) is 16.3 Å². The number of hydrogen-bond donors (Lipinski definition) is 3. The molecule has 1 aromatic heterocycles. The number of urea groups is 1. The molecular formula is C27H32N6O3. The Bertz CT molecular complexity index is 1180. The second-order valence-electron chi connectivity index (χ2n) is 8.90. The molecule has 36 heavy (non-hydrogen) atoms. The summed E-state index contributed by atoms with van der Waals surface area (Å²) in [5.41, 5.74) is 2.86. The first kappa shape index (κ1) is 25.1. The standard InChI is InChI=1S/C27H32N6O3/c1-19-25(29-13-12-28-19)32-27(35)31-23-9-8-22(16-24(23)36-2)26(34)30-17-20-10-14-33(15-11-20)18-21-6-4-3-5-7-21/h3-9,12-13,16,20H,10-11,14-15,17-18H2,1-2H3,(H,30,34)(H2,29,31,32,35). The molecule has 3 N–H and O–H groups in total. The second kappa shape index (κ2) is 12.1. The molecule has 0 aliphatic carbocycles. The van der Waals surface area contributed by atoms with E-state index >= 15 is 0 Å². The molecule has 0 unspecified atom stereocenters. The van der Waals surface area contributed by atoms with Gasteiger partial charge in [0.15, 0.2) is 5.82 Å². The van der Waals surface area contributed by atoms with E-state index in [2.05, 4.69) is 55.1 Å². The minimum absolute atomic E-state index is 0.161. The van der Waals surface area contributed by atoms with Crippen molar-refractivity contribution in [2.45, 2.75) is 26.3 Å². The van der Waals surface area contributed by atoms with E-state index < -0.39 is 6.03 Å². The molecule has 9 nitrogen and oxygen atoms in total. The number of ether oxygens (including phenoxy) is 1. The Hall–Kier alpha value is -3.98. The van der Waals surface area contributed by atoms with Crippen LogP contribution < -0.4 is 20.7 Å². The molecule has 1 aliphatic rings. The summed E-state index contributed by atoms with van der Waals surface area (Å²) in [6.45, 7) is 5.42. The predicted octanol–water partition coefficient (Wildman–Crippen LogP) is 4.08. The number of methoxy groups -OCH3 is 1. The molecule has 1 aliphatic heterocycles. The smallest absolute Gasteiger partial charge is 0.325 e. The summed E-state index contributed by atoms with van der Waals surface area (Å²) in [6.07, 6.45) is 5.17. The van der Waals surface area contributed by atoms with Crippen LogP contribution >= 0.6 is 0 Å². The van der Waals surface area contributed by atoms with E-state index in [4.69, 9.17) is 4.74 Å². The van der Waals surface area contributed by atoms with E-state index in [0.717, 1.165) is 32.5 Å². The molecule has 1 saturated heterocycles. The van der Waals surface area contributed by atoms with E-state index in [9.17, 15) is 9.59 Å². The Morgan fingerprint density at radius 1 is 1.03 bits per heavy atom. The summed E-state index contributed by atoms with van der Waals surface area (Å²) in [6, 6.07) is 15.0. The van der Waals surface area contributed by atoms with Crippen LogP contribution in [0.2, 0.25) is 0 Å². The van der Waals surface area contributed by atoms with Crippen molar-refractivity contribution in [3.05, 3.63) is 77.7 Å². The monoisotopic (exact) mass is 488 g/mol. The van der Waals surface area contributed by atoms with E-state index in [1.807, 2.05) is 6.07 Å². The van der Waals surface area contributed by atoms with Crippen molar-refractivity contribution in [1.29, 1.82) is 0 Å². The first-order chi connectivity index (χ1) is 17.5. The number of likely N-dealkylation sites (tertiary alicyclic amines) is 1. The van der Waals surface area contributed by atoms with Gasteiger partial charge in [0.05, 0.1) is 18.5 Å². The second-order valence-corrected chi connectivity index (χ2v) is 8.90. The van der Waals surface area contributed by atoms with Crippen molar-refractivity contribution < 1.29 is 14.3 Å². The van der Waals surface area contributed by atoms with E-state index in [1.165, 1.54) is 18.9 Å². The van der Waals surface area contributed by atoms with Crippen molar-refractivity contribution in [1.82, 2.24) is 20.2 Å². The van der Waals surface area contributed by atoms with Gasteiger partial charge in [-0.2, -0.15) is 0 Å². The number of rotatable bonds is 8. The van der Waals surface area contributed by atoms with Crippen LogP contribution in [0.25, 0.3) is 0 Å². The maximum absolute atomic E-state index is 12.8. The van der Waals surface area contributed by atoms with Gasteiger partial charge in [-0.1, -0.05) is 30.3 Å². The summed E-state index contributed by atoms with van der Waals surface area (Å²) in [4.78, 5) is 35.8. The fraction of sp³-hybridized carbons (Fsp3) is 0.333. The number of piperidine rings is 1. The third-order valence-corrected chi connectivity index (χ3v) is 6.33. The average Bonchev–Trinajstić information content (AvgIpc) is 2.90. The van der Waals surface area contributed by atoms with Crippen molar-refractivity contribution in [2.75, 3.05) is 37.4 Å². The number of benzene rings is 2. The van der Waals surface area contributed by atoms with Gasteiger partial charge in [0.25, 0.3) is 5.91 Å². The molecular weight excluding hydrogens is 456 g/mol. The number of anilines is 2. The molecule has 0 atom stereocenters. The maximum atomic E-state index is 12.8. The highest BCUT2D eigenvalue weighted by Crippen LogP contribution is 2.26. The minimum Gasteiger partial charge on any atom is -0.495 e. The molecule has 2 heterocycles. The minimum atomic E-state index is -0.479. The van der Waals surface area contributed by atoms with Gasteiger partial charge in [-0.3, -0.25) is 20.0 Å². The first-order valence-corrected chi connectivity index (χ1v) is 12.1. The van der Waals surface area contributed by atoms with Crippen LogP contribution in [-0.2, 0) is 6.54 Å². The topological polar surface area (TPSA) is 108 Å². The lowest BCUT2D eigenvalue weighted by molar-refractivity contribution is 0.0935. The molecule has 4 rings (SSSR count). The van der Waals surface area contributed by atoms with Crippen molar-refractivity contribution in [3.8, 4) is 5.75 Å². The van der Waals surface area contributed by atoms with Gasteiger partial charge in [-0.05, 0) is 62.5 Å². The van der Waals surface area contributed by atoms with Gasteiger partial charge in [0.1, 0.15) is 5.75 Å². The summed E-state index contributed by atoms with van der Waals surface area (Å²) >= 11 is 0.